The normalized spacial score (nSPS) is 26.8. The van der Waals surface area contributed by atoms with E-state index in [0.29, 0.717) is 6.04 Å². The summed E-state index contributed by atoms with van der Waals surface area (Å²) in [6.45, 7) is 8.16. The lowest BCUT2D eigenvalue weighted by Gasteiger charge is -2.35. The van der Waals surface area contributed by atoms with Gasteiger partial charge in [0.1, 0.15) is 0 Å². The Morgan fingerprint density at radius 2 is 2.14 bits per heavy atom. The molecule has 2 unspecified atom stereocenters. The minimum absolute atomic E-state index is 0.0856. The van der Waals surface area contributed by atoms with E-state index in [1.165, 1.54) is 6.42 Å². The van der Waals surface area contributed by atoms with E-state index in [0.717, 1.165) is 19.5 Å². The molecule has 0 aromatic rings. The summed E-state index contributed by atoms with van der Waals surface area (Å²) in [6.07, 6.45) is 1.95. The Labute approximate surface area is 86.7 Å². The summed E-state index contributed by atoms with van der Waals surface area (Å²) < 4.78 is 0. The van der Waals surface area contributed by atoms with Crippen molar-refractivity contribution >= 4 is 0 Å². The average molecular weight is 201 g/mol. The third-order valence-electron chi connectivity index (χ3n) is 3.45. The van der Waals surface area contributed by atoms with Gasteiger partial charge in [0.2, 0.25) is 0 Å². The molecular weight excluding hydrogens is 178 g/mol. The van der Waals surface area contributed by atoms with Gasteiger partial charge in [-0.3, -0.25) is 4.90 Å². The van der Waals surface area contributed by atoms with E-state index in [1.54, 1.807) is 0 Å². The second kappa shape index (κ2) is 4.60. The van der Waals surface area contributed by atoms with E-state index >= 15 is 0 Å². The number of rotatable bonds is 4. The summed E-state index contributed by atoms with van der Waals surface area (Å²) in [7, 11) is 0. The Kier molecular flexibility index (Phi) is 3.93. The first-order valence-electron chi connectivity index (χ1n) is 5.50. The highest BCUT2D eigenvalue weighted by Gasteiger charge is 2.32. The molecule has 0 amide bonds. The van der Waals surface area contributed by atoms with Crippen molar-refractivity contribution < 1.29 is 10.2 Å². The predicted octanol–water partition coefficient (Wildman–Crippen LogP) is 0.850. The minimum atomic E-state index is -0.303. The third-order valence-corrected chi connectivity index (χ3v) is 3.45. The SMILES string of the molecule is CC(O)C(C)(C)CN1CCCC1CO. The molecule has 0 aliphatic carbocycles. The number of likely N-dealkylation sites (tertiary alicyclic amines) is 1. The molecule has 2 atom stereocenters. The van der Waals surface area contributed by atoms with Crippen LogP contribution < -0.4 is 0 Å². The molecule has 0 bridgehead atoms. The first kappa shape index (κ1) is 12.0. The Balaban J connectivity index is 2.50. The zero-order valence-electron chi connectivity index (χ0n) is 9.53. The average Bonchev–Trinajstić information content (AvgIpc) is 2.50. The molecule has 3 nitrogen and oxygen atoms in total. The van der Waals surface area contributed by atoms with Gasteiger partial charge in [0.25, 0.3) is 0 Å². The highest BCUT2D eigenvalue weighted by Crippen LogP contribution is 2.26. The van der Waals surface area contributed by atoms with Crippen molar-refractivity contribution in [3.05, 3.63) is 0 Å². The van der Waals surface area contributed by atoms with E-state index < -0.39 is 0 Å². The Hall–Kier alpha value is -0.120. The molecule has 14 heavy (non-hydrogen) atoms. The Bertz CT molecular complexity index is 180. The first-order valence-corrected chi connectivity index (χ1v) is 5.50. The maximum Gasteiger partial charge on any atom is 0.0586 e. The molecule has 84 valence electrons. The van der Waals surface area contributed by atoms with Crippen LogP contribution >= 0.6 is 0 Å². The van der Waals surface area contributed by atoms with Crippen LogP contribution in [0.5, 0.6) is 0 Å². The molecule has 3 heteroatoms. The maximum absolute atomic E-state index is 9.61. The van der Waals surface area contributed by atoms with Gasteiger partial charge in [-0.2, -0.15) is 0 Å². The number of aliphatic hydroxyl groups excluding tert-OH is 2. The zero-order chi connectivity index (χ0) is 10.8. The second-order valence-electron chi connectivity index (χ2n) is 5.11. The third kappa shape index (κ3) is 2.69. The van der Waals surface area contributed by atoms with Crippen LogP contribution in [-0.4, -0.2) is 47.0 Å². The van der Waals surface area contributed by atoms with Crippen LogP contribution in [0.25, 0.3) is 0 Å². The van der Waals surface area contributed by atoms with Crippen molar-refractivity contribution in [3.8, 4) is 0 Å². The fourth-order valence-corrected chi connectivity index (χ4v) is 1.97. The van der Waals surface area contributed by atoms with Crippen molar-refractivity contribution in [2.75, 3.05) is 19.7 Å². The van der Waals surface area contributed by atoms with Gasteiger partial charge >= 0.3 is 0 Å². The predicted molar refractivity (Wildman–Crippen MR) is 57.1 cm³/mol. The van der Waals surface area contributed by atoms with Crippen LogP contribution in [0.3, 0.4) is 0 Å². The molecule has 1 saturated heterocycles. The van der Waals surface area contributed by atoms with Crippen molar-refractivity contribution in [1.82, 2.24) is 4.90 Å². The number of aliphatic hydroxyl groups is 2. The van der Waals surface area contributed by atoms with Crippen LogP contribution in [0.1, 0.15) is 33.6 Å². The van der Waals surface area contributed by atoms with E-state index in [1.807, 2.05) is 6.92 Å². The van der Waals surface area contributed by atoms with Crippen LogP contribution in [0, 0.1) is 5.41 Å². The molecule has 0 aromatic carbocycles. The summed E-state index contributed by atoms with van der Waals surface area (Å²) >= 11 is 0. The fraction of sp³-hybridized carbons (Fsp3) is 1.00. The standard InChI is InChI=1S/C11H23NO2/c1-9(14)11(2,3)8-12-6-4-5-10(12)7-13/h9-10,13-14H,4-8H2,1-3H3. The van der Waals surface area contributed by atoms with E-state index in [4.69, 9.17) is 5.11 Å². The van der Waals surface area contributed by atoms with Gasteiger partial charge in [-0.25, -0.2) is 0 Å². The van der Waals surface area contributed by atoms with Crippen LogP contribution in [0.15, 0.2) is 0 Å². The van der Waals surface area contributed by atoms with Crippen molar-refractivity contribution in [2.24, 2.45) is 5.41 Å². The number of nitrogens with zero attached hydrogens (tertiary/aromatic N) is 1. The molecule has 0 saturated carbocycles. The van der Waals surface area contributed by atoms with Crippen molar-refractivity contribution in [2.45, 2.75) is 45.8 Å². The topological polar surface area (TPSA) is 43.7 Å². The van der Waals surface area contributed by atoms with Crippen LogP contribution in [0.4, 0.5) is 0 Å². The summed E-state index contributed by atoms with van der Waals surface area (Å²) in [5.74, 6) is 0. The first-order chi connectivity index (χ1) is 6.47. The molecular formula is C11H23NO2. The molecule has 1 fully saturated rings. The van der Waals surface area contributed by atoms with E-state index in [-0.39, 0.29) is 18.1 Å². The monoisotopic (exact) mass is 201 g/mol. The largest absolute Gasteiger partial charge is 0.395 e. The maximum atomic E-state index is 9.61. The number of hydrogen-bond donors (Lipinski definition) is 2. The number of hydrogen-bond acceptors (Lipinski definition) is 3. The summed E-state index contributed by atoms with van der Waals surface area (Å²) in [5, 5.41) is 18.8. The van der Waals surface area contributed by atoms with Gasteiger partial charge in [-0.15, -0.1) is 0 Å². The van der Waals surface area contributed by atoms with Gasteiger partial charge in [-0.1, -0.05) is 13.8 Å². The molecule has 1 aliphatic rings. The molecule has 0 aromatic heterocycles. The highest BCUT2D eigenvalue weighted by atomic mass is 16.3. The summed E-state index contributed by atoms with van der Waals surface area (Å²) in [5.41, 5.74) is -0.0856. The molecule has 1 rings (SSSR count). The molecule has 0 radical (unpaired) electrons. The van der Waals surface area contributed by atoms with Crippen LogP contribution in [0.2, 0.25) is 0 Å². The quantitative estimate of drug-likeness (QED) is 0.708. The van der Waals surface area contributed by atoms with Gasteiger partial charge < -0.3 is 10.2 Å². The van der Waals surface area contributed by atoms with Gasteiger partial charge in [0, 0.05) is 18.0 Å². The smallest absolute Gasteiger partial charge is 0.0586 e. The molecule has 2 N–H and O–H groups in total. The minimum Gasteiger partial charge on any atom is -0.395 e. The Morgan fingerprint density at radius 1 is 1.50 bits per heavy atom. The van der Waals surface area contributed by atoms with Crippen molar-refractivity contribution in [1.29, 1.82) is 0 Å². The van der Waals surface area contributed by atoms with Crippen LogP contribution in [-0.2, 0) is 0 Å². The van der Waals surface area contributed by atoms with Gasteiger partial charge in [0.15, 0.2) is 0 Å². The zero-order valence-corrected chi connectivity index (χ0v) is 9.53. The fourth-order valence-electron chi connectivity index (χ4n) is 1.97. The lowest BCUT2D eigenvalue weighted by Crippen LogP contribution is -2.43. The molecule has 1 aliphatic heterocycles. The van der Waals surface area contributed by atoms with Crippen molar-refractivity contribution in [3.63, 3.8) is 0 Å². The summed E-state index contributed by atoms with van der Waals surface area (Å²) in [4.78, 5) is 2.30. The van der Waals surface area contributed by atoms with Gasteiger partial charge in [-0.05, 0) is 26.3 Å². The lowest BCUT2D eigenvalue weighted by atomic mass is 9.86. The highest BCUT2D eigenvalue weighted by molar-refractivity contribution is 4.85. The van der Waals surface area contributed by atoms with E-state index in [9.17, 15) is 5.11 Å². The Morgan fingerprint density at radius 3 is 2.64 bits per heavy atom. The molecule has 1 heterocycles. The van der Waals surface area contributed by atoms with Gasteiger partial charge in [0.05, 0.1) is 12.7 Å². The second-order valence-corrected chi connectivity index (χ2v) is 5.11. The molecule has 0 spiro atoms. The lowest BCUT2D eigenvalue weighted by molar-refractivity contribution is 0.0239. The summed E-state index contributed by atoms with van der Waals surface area (Å²) in [6, 6.07) is 0.313. The van der Waals surface area contributed by atoms with E-state index in [2.05, 4.69) is 18.7 Å².